The second-order valence-corrected chi connectivity index (χ2v) is 5.31. The fraction of sp³-hybridized carbons (Fsp3) is 0.467. The number of hydrogen-bond acceptors (Lipinski definition) is 3. The van der Waals surface area contributed by atoms with Crippen LogP contribution in [-0.4, -0.2) is 32.0 Å². The lowest BCUT2D eigenvalue weighted by molar-refractivity contribution is -0.121. The minimum absolute atomic E-state index is 0.00802. The molecule has 0 spiro atoms. The normalized spacial score (nSPS) is 16.1. The molecule has 1 aromatic carbocycles. The Labute approximate surface area is 119 Å². The maximum atomic E-state index is 12.2. The Balaban J connectivity index is 2.11. The van der Waals surface area contributed by atoms with Crippen LogP contribution in [0.3, 0.4) is 0 Å². The fourth-order valence-electron chi connectivity index (χ4n) is 2.17. The summed E-state index contributed by atoms with van der Waals surface area (Å²) in [5, 5.41) is 8.68. The highest BCUT2D eigenvalue weighted by Crippen LogP contribution is 2.21. The van der Waals surface area contributed by atoms with E-state index in [4.69, 9.17) is 0 Å². The molecule has 2 amide bonds. The predicted molar refractivity (Wildman–Crippen MR) is 78.7 cm³/mol. The number of carbonyl (C=O) groups excluding carboxylic acids is 2. The Kier molecular flexibility index (Phi) is 4.39. The third-order valence-electron chi connectivity index (χ3n) is 3.92. The molecule has 5 nitrogen and oxygen atoms in total. The summed E-state index contributed by atoms with van der Waals surface area (Å²) in [5.74, 6) is 0.224. The number of rotatable bonds is 4. The molecule has 0 aromatic heterocycles. The van der Waals surface area contributed by atoms with Crippen molar-refractivity contribution in [1.82, 2.24) is 10.6 Å². The predicted octanol–water partition coefficient (Wildman–Crippen LogP) is 1.15. The summed E-state index contributed by atoms with van der Waals surface area (Å²) in [7, 11) is 1.59. The molecule has 0 aliphatic carbocycles. The quantitative estimate of drug-likeness (QED) is 0.772. The zero-order valence-electron chi connectivity index (χ0n) is 12.1. The Morgan fingerprint density at radius 1 is 1.35 bits per heavy atom. The van der Waals surface area contributed by atoms with E-state index in [0.717, 1.165) is 18.7 Å². The van der Waals surface area contributed by atoms with E-state index in [1.807, 2.05) is 19.9 Å². The van der Waals surface area contributed by atoms with E-state index in [9.17, 15) is 9.59 Å². The van der Waals surface area contributed by atoms with Crippen LogP contribution in [0.1, 0.15) is 22.8 Å². The fourth-order valence-corrected chi connectivity index (χ4v) is 2.17. The average Bonchev–Trinajstić information content (AvgIpc) is 2.38. The van der Waals surface area contributed by atoms with Crippen molar-refractivity contribution in [1.29, 1.82) is 0 Å². The minimum Gasteiger partial charge on any atom is -0.355 e. The summed E-state index contributed by atoms with van der Waals surface area (Å²) in [4.78, 5) is 23.8. The summed E-state index contributed by atoms with van der Waals surface area (Å²) in [6.45, 7) is 5.65. The minimum atomic E-state index is -0.156. The van der Waals surface area contributed by atoms with E-state index >= 15 is 0 Å². The van der Waals surface area contributed by atoms with Crippen LogP contribution in [0.25, 0.3) is 0 Å². The molecule has 20 heavy (non-hydrogen) atoms. The molecular weight excluding hydrogens is 254 g/mol. The van der Waals surface area contributed by atoms with Crippen LogP contribution in [0, 0.1) is 18.8 Å². The highest BCUT2D eigenvalue weighted by atomic mass is 16.2. The number of anilines is 1. The van der Waals surface area contributed by atoms with Gasteiger partial charge in [0.1, 0.15) is 0 Å². The summed E-state index contributed by atoms with van der Waals surface area (Å²) in [6.07, 6.45) is 0. The number of carbonyl (C=O) groups is 2. The Morgan fingerprint density at radius 2 is 2.05 bits per heavy atom. The molecule has 1 fully saturated rings. The molecule has 3 N–H and O–H groups in total. The number of hydrogen-bond donors (Lipinski definition) is 3. The summed E-state index contributed by atoms with van der Waals surface area (Å²) in [6, 6.07) is 5.32. The Hall–Kier alpha value is -1.88. The van der Waals surface area contributed by atoms with Gasteiger partial charge in [-0.05, 0) is 43.6 Å². The van der Waals surface area contributed by atoms with Crippen LogP contribution in [0.15, 0.2) is 18.2 Å². The first-order valence-electron chi connectivity index (χ1n) is 6.87. The molecule has 1 aliphatic rings. The van der Waals surface area contributed by atoms with E-state index in [2.05, 4.69) is 16.0 Å². The van der Waals surface area contributed by atoms with Crippen LogP contribution in [0.5, 0.6) is 0 Å². The zero-order chi connectivity index (χ0) is 14.7. The lowest BCUT2D eigenvalue weighted by atomic mass is 9.88. The topological polar surface area (TPSA) is 70.2 Å². The lowest BCUT2D eigenvalue weighted by Crippen LogP contribution is -2.48. The summed E-state index contributed by atoms with van der Waals surface area (Å²) in [5.41, 5.74) is 2.20. The van der Waals surface area contributed by atoms with E-state index in [-0.39, 0.29) is 17.7 Å². The summed E-state index contributed by atoms with van der Waals surface area (Å²) >= 11 is 0. The second-order valence-electron chi connectivity index (χ2n) is 5.31. The van der Waals surface area contributed by atoms with Crippen molar-refractivity contribution in [2.75, 3.05) is 25.5 Å². The number of benzene rings is 1. The van der Waals surface area contributed by atoms with Gasteiger partial charge in [0.2, 0.25) is 5.91 Å². The second kappa shape index (κ2) is 6.05. The van der Waals surface area contributed by atoms with Gasteiger partial charge in [-0.2, -0.15) is 0 Å². The third kappa shape index (κ3) is 2.99. The molecule has 0 radical (unpaired) electrons. The van der Waals surface area contributed by atoms with Gasteiger partial charge in [-0.25, -0.2) is 0 Å². The first kappa shape index (κ1) is 14.5. The van der Waals surface area contributed by atoms with Crippen LogP contribution < -0.4 is 16.0 Å². The maximum Gasteiger partial charge on any atom is 0.251 e. The number of amides is 2. The first-order valence-corrected chi connectivity index (χ1v) is 6.87. The molecule has 1 heterocycles. The van der Waals surface area contributed by atoms with Gasteiger partial charge in [0.25, 0.3) is 5.91 Å². The van der Waals surface area contributed by atoms with Crippen LogP contribution >= 0.6 is 0 Å². The molecule has 2 rings (SSSR count). The van der Waals surface area contributed by atoms with Crippen molar-refractivity contribution in [3.63, 3.8) is 0 Å². The van der Waals surface area contributed by atoms with Gasteiger partial charge < -0.3 is 16.0 Å². The van der Waals surface area contributed by atoms with Gasteiger partial charge in [0.05, 0.1) is 0 Å². The zero-order valence-corrected chi connectivity index (χ0v) is 12.1. The summed E-state index contributed by atoms with van der Waals surface area (Å²) < 4.78 is 0. The molecule has 0 saturated carbocycles. The molecule has 0 bridgehead atoms. The van der Waals surface area contributed by atoms with Crippen LogP contribution in [-0.2, 0) is 4.79 Å². The van der Waals surface area contributed by atoms with Crippen molar-refractivity contribution in [2.45, 2.75) is 13.8 Å². The largest absolute Gasteiger partial charge is 0.355 e. The molecule has 1 aromatic rings. The van der Waals surface area contributed by atoms with E-state index in [1.54, 1.807) is 19.2 Å². The standard InChI is InChI=1S/C15H21N3O2/c1-9-4-5-11(15(20)16-3)6-13(9)18-14(19)10(2)12-7-17-8-12/h4-6,10,12,17H,7-8H2,1-3H3,(H,16,20)(H,18,19). The molecule has 1 aliphatic heterocycles. The third-order valence-corrected chi connectivity index (χ3v) is 3.92. The highest BCUT2D eigenvalue weighted by Gasteiger charge is 2.28. The first-order chi connectivity index (χ1) is 9.52. The molecular formula is C15H21N3O2. The molecule has 1 atom stereocenters. The van der Waals surface area contributed by atoms with Gasteiger partial charge in [-0.3, -0.25) is 9.59 Å². The molecule has 108 valence electrons. The van der Waals surface area contributed by atoms with Crippen molar-refractivity contribution in [2.24, 2.45) is 11.8 Å². The Morgan fingerprint density at radius 3 is 2.60 bits per heavy atom. The number of nitrogens with one attached hydrogen (secondary N) is 3. The van der Waals surface area contributed by atoms with Crippen molar-refractivity contribution in [3.8, 4) is 0 Å². The molecule has 1 saturated heterocycles. The van der Waals surface area contributed by atoms with Gasteiger partial charge in [-0.1, -0.05) is 13.0 Å². The van der Waals surface area contributed by atoms with Crippen molar-refractivity contribution < 1.29 is 9.59 Å². The number of aryl methyl sites for hydroxylation is 1. The SMILES string of the molecule is CNC(=O)c1ccc(C)c(NC(=O)C(C)C2CNC2)c1. The molecule has 1 unspecified atom stereocenters. The van der Waals surface area contributed by atoms with Gasteiger partial charge in [0.15, 0.2) is 0 Å². The smallest absolute Gasteiger partial charge is 0.251 e. The molecule has 5 heteroatoms. The Bertz CT molecular complexity index is 524. The van der Waals surface area contributed by atoms with Crippen molar-refractivity contribution >= 4 is 17.5 Å². The van der Waals surface area contributed by atoms with Gasteiger partial charge >= 0.3 is 0 Å². The van der Waals surface area contributed by atoms with E-state index in [1.165, 1.54) is 0 Å². The van der Waals surface area contributed by atoms with Gasteiger partial charge in [0, 0.05) is 24.2 Å². The van der Waals surface area contributed by atoms with E-state index < -0.39 is 0 Å². The van der Waals surface area contributed by atoms with E-state index in [0.29, 0.717) is 17.2 Å². The van der Waals surface area contributed by atoms with Crippen molar-refractivity contribution in [3.05, 3.63) is 29.3 Å². The van der Waals surface area contributed by atoms with Crippen LogP contribution in [0.2, 0.25) is 0 Å². The lowest BCUT2D eigenvalue weighted by Gasteiger charge is -2.31. The monoisotopic (exact) mass is 275 g/mol. The highest BCUT2D eigenvalue weighted by molar-refractivity contribution is 5.98. The van der Waals surface area contributed by atoms with Crippen LogP contribution in [0.4, 0.5) is 5.69 Å². The maximum absolute atomic E-state index is 12.2. The van der Waals surface area contributed by atoms with Gasteiger partial charge in [-0.15, -0.1) is 0 Å². The average molecular weight is 275 g/mol.